The summed E-state index contributed by atoms with van der Waals surface area (Å²) in [4.78, 5) is 10.4. The summed E-state index contributed by atoms with van der Waals surface area (Å²) in [7, 11) is 0. The second kappa shape index (κ2) is 5.40. The fourth-order valence-electron chi connectivity index (χ4n) is 1.48. The first-order chi connectivity index (χ1) is 8.70. The highest BCUT2D eigenvalue weighted by atomic mass is 19.1. The molecule has 0 saturated heterocycles. The molecule has 2 rings (SSSR count). The van der Waals surface area contributed by atoms with Crippen molar-refractivity contribution in [1.29, 1.82) is 0 Å². The first-order valence-corrected chi connectivity index (χ1v) is 5.31. The molecule has 18 heavy (non-hydrogen) atoms. The fraction of sp³-hybridized carbons (Fsp3) is 0.0714. The summed E-state index contributed by atoms with van der Waals surface area (Å²) < 4.78 is 31.9. The Balaban J connectivity index is 2.15. The third-order valence-corrected chi connectivity index (χ3v) is 2.42. The highest BCUT2D eigenvalue weighted by molar-refractivity contribution is 5.75. The first-order valence-electron chi connectivity index (χ1n) is 5.31. The monoisotopic (exact) mass is 248 g/mol. The van der Waals surface area contributed by atoms with E-state index in [9.17, 15) is 13.6 Å². The van der Waals surface area contributed by atoms with E-state index in [1.165, 1.54) is 0 Å². The van der Waals surface area contributed by atoms with Gasteiger partial charge in [-0.25, -0.2) is 8.78 Å². The smallest absolute Gasteiger partial charge is 0.166 e. The zero-order valence-electron chi connectivity index (χ0n) is 9.40. The molecule has 0 heterocycles. The SMILES string of the molecule is O=Cc1cc(F)c(OCc2ccccc2)cc1F. The fourth-order valence-corrected chi connectivity index (χ4v) is 1.48. The Morgan fingerprint density at radius 3 is 2.44 bits per heavy atom. The van der Waals surface area contributed by atoms with Gasteiger partial charge in [0.05, 0.1) is 5.56 Å². The molecule has 0 unspecified atom stereocenters. The van der Waals surface area contributed by atoms with Crippen molar-refractivity contribution in [2.75, 3.05) is 0 Å². The van der Waals surface area contributed by atoms with E-state index >= 15 is 0 Å². The Labute approximate surface area is 103 Å². The average Bonchev–Trinajstić information content (AvgIpc) is 2.40. The van der Waals surface area contributed by atoms with Crippen molar-refractivity contribution >= 4 is 6.29 Å². The minimum atomic E-state index is -0.797. The number of hydrogen-bond donors (Lipinski definition) is 0. The number of ether oxygens (including phenoxy) is 1. The number of benzene rings is 2. The summed E-state index contributed by atoms with van der Waals surface area (Å²) in [6, 6.07) is 10.8. The molecule has 2 nitrogen and oxygen atoms in total. The van der Waals surface area contributed by atoms with Crippen LogP contribution in [0.2, 0.25) is 0 Å². The Hall–Kier alpha value is -2.23. The lowest BCUT2D eigenvalue weighted by Crippen LogP contribution is -1.99. The van der Waals surface area contributed by atoms with Gasteiger partial charge >= 0.3 is 0 Å². The molecule has 0 bridgehead atoms. The summed E-state index contributed by atoms with van der Waals surface area (Å²) in [6.45, 7) is 0.137. The standard InChI is InChI=1S/C14H10F2O2/c15-12-7-14(13(16)6-11(12)8-17)18-9-10-4-2-1-3-5-10/h1-8H,9H2. The minimum absolute atomic E-state index is 0.137. The molecule has 0 aliphatic rings. The van der Waals surface area contributed by atoms with Gasteiger partial charge in [-0.15, -0.1) is 0 Å². The third-order valence-electron chi connectivity index (χ3n) is 2.42. The van der Waals surface area contributed by atoms with E-state index in [0.717, 1.165) is 17.7 Å². The predicted octanol–water partition coefficient (Wildman–Crippen LogP) is 3.36. The van der Waals surface area contributed by atoms with Crippen LogP contribution < -0.4 is 4.74 Å². The molecule has 4 heteroatoms. The molecule has 2 aromatic carbocycles. The number of hydrogen-bond acceptors (Lipinski definition) is 2. The largest absolute Gasteiger partial charge is 0.486 e. The van der Waals surface area contributed by atoms with Gasteiger partial charge in [0.2, 0.25) is 0 Å². The van der Waals surface area contributed by atoms with Crippen LogP contribution in [0.4, 0.5) is 8.78 Å². The highest BCUT2D eigenvalue weighted by Crippen LogP contribution is 2.21. The number of aldehydes is 1. The highest BCUT2D eigenvalue weighted by Gasteiger charge is 2.10. The maximum atomic E-state index is 13.5. The van der Waals surface area contributed by atoms with Gasteiger partial charge in [-0.3, -0.25) is 4.79 Å². The van der Waals surface area contributed by atoms with Crippen molar-refractivity contribution in [3.8, 4) is 5.75 Å². The Morgan fingerprint density at radius 1 is 1.06 bits per heavy atom. The minimum Gasteiger partial charge on any atom is -0.486 e. The van der Waals surface area contributed by atoms with Crippen LogP contribution >= 0.6 is 0 Å². The Bertz CT molecular complexity index is 553. The molecule has 0 saturated carbocycles. The van der Waals surface area contributed by atoms with Gasteiger partial charge in [0.15, 0.2) is 17.9 Å². The lowest BCUT2D eigenvalue weighted by atomic mass is 10.2. The molecule has 0 atom stereocenters. The normalized spacial score (nSPS) is 10.1. The van der Waals surface area contributed by atoms with Crippen LogP contribution in [0.1, 0.15) is 15.9 Å². The zero-order chi connectivity index (χ0) is 13.0. The number of carbonyl (C=O) groups is 1. The average molecular weight is 248 g/mol. The lowest BCUT2D eigenvalue weighted by Gasteiger charge is -2.08. The first kappa shape index (κ1) is 12.2. The van der Waals surface area contributed by atoms with Gasteiger partial charge in [-0.05, 0) is 11.6 Å². The van der Waals surface area contributed by atoms with Crippen LogP contribution in [-0.2, 0) is 6.61 Å². The molecule has 2 aromatic rings. The molecular formula is C14H10F2O2. The summed E-state index contributed by atoms with van der Waals surface area (Å²) in [6.07, 6.45) is 0.263. The number of rotatable bonds is 4. The molecule has 0 aliphatic carbocycles. The van der Waals surface area contributed by atoms with Crippen molar-refractivity contribution in [2.24, 2.45) is 0 Å². The maximum Gasteiger partial charge on any atom is 0.166 e. The van der Waals surface area contributed by atoms with Crippen LogP contribution in [0, 0.1) is 11.6 Å². The van der Waals surface area contributed by atoms with Gasteiger partial charge in [-0.1, -0.05) is 30.3 Å². The van der Waals surface area contributed by atoms with E-state index in [1.807, 2.05) is 30.3 Å². The van der Waals surface area contributed by atoms with E-state index in [1.54, 1.807) is 0 Å². The summed E-state index contributed by atoms with van der Waals surface area (Å²) in [5.41, 5.74) is 0.524. The molecule has 0 aromatic heterocycles. The van der Waals surface area contributed by atoms with E-state index in [0.29, 0.717) is 0 Å². The quantitative estimate of drug-likeness (QED) is 0.775. The summed E-state index contributed by atoms with van der Waals surface area (Å²) >= 11 is 0. The molecule has 0 N–H and O–H groups in total. The zero-order valence-corrected chi connectivity index (χ0v) is 9.40. The van der Waals surface area contributed by atoms with Crippen LogP contribution in [0.3, 0.4) is 0 Å². The van der Waals surface area contributed by atoms with Crippen molar-refractivity contribution in [2.45, 2.75) is 6.61 Å². The molecule has 0 spiro atoms. The molecule has 92 valence electrons. The number of halogens is 2. The lowest BCUT2D eigenvalue weighted by molar-refractivity contribution is 0.111. The molecule has 0 amide bonds. The van der Waals surface area contributed by atoms with Crippen molar-refractivity contribution in [3.05, 3.63) is 65.2 Å². The summed E-state index contributed by atoms with van der Waals surface area (Å²) in [5, 5.41) is 0. The van der Waals surface area contributed by atoms with Gasteiger partial charge in [-0.2, -0.15) is 0 Å². The van der Waals surface area contributed by atoms with Gasteiger partial charge in [0.1, 0.15) is 12.4 Å². The van der Waals surface area contributed by atoms with Gasteiger partial charge in [0.25, 0.3) is 0 Å². The predicted molar refractivity (Wildman–Crippen MR) is 62.5 cm³/mol. The second-order valence-electron chi connectivity index (χ2n) is 3.70. The molecule has 0 fully saturated rings. The molecule has 0 radical (unpaired) electrons. The van der Waals surface area contributed by atoms with E-state index in [-0.39, 0.29) is 24.2 Å². The van der Waals surface area contributed by atoms with Crippen molar-refractivity contribution < 1.29 is 18.3 Å². The maximum absolute atomic E-state index is 13.5. The molecule has 0 aliphatic heterocycles. The van der Waals surface area contributed by atoms with E-state index in [4.69, 9.17) is 4.74 Å². The molecular weight excluding hydrogens is 238 g/mol. The number of carbonyl (C=O) groups excluding carboxylic acids is 1. The Morgan fingerprint density at radius 2 is 1.78 bits per heavy atom. The van der Waals surface area contributed by atoms with Crippen molar-refractivity contribution in [1.82, 2.24) is 0 Å². The van der Waals surface area contributed by atoms with Gasteiger partial charge < -0.3 is 4.74 Å². The van der Waals surface area contributed by atoms with Crippen molar-refractivity contribution in [3.63, 3.8) is 0 Å². The van der Waals surface area contributed by atoms with Crippen LogP contribution in [-0.4, -0.2) is 6.29 Å². The van der Waals surface area contributed by atoms with Crippen LogP contribution in [0.15, 0.2) is 42.5 Å². The van der Waals surface area contributed by atoms with Gasteiger partial charge in [0, 0.05) is 6.07 Å². The van der Waals surface area contributed by atoms with E-state index in [2.05, 4.69) is 0 Å². The second-order valence-corrected chi connectivity index (χ2v) is 3.70. The van der Waals surface area contributed by atoms with Crippen LogP contribution in [0.5, 0.6) is 5.75 Å². The summed E-state index contributed by atoms with van der Waals surface area (Å²) in [5.74, 6) is -1.76. The topological polar surface area (TPSA) is 26.3 Å². The van der Waals surface area contributed by atoms with Crippen LogP contribution in [0.25, 0.3) is 0 Å². The third kappa shape index (κ3) is 2.71. The van der Waals surface area contributed by atoms with E-state index < -0.39 is 11.6 Å². The Kier molecular flexibility index (Phi) is 3.67.